The van der Waals surface area contributed by atoms with Gasteiger partial charge < -0.3 is 0 Å². The van der Waals surface area contributed by atoms with E-state index in [1.807, 2.05) is 26.0 Å². The second-order valence-electron chi connectivity index (χ2n) is 6.05. The van der Waals surface area contributed by atoms with E-state index in [1.54, 1.807) is 0 Å². The third-order valence-electron chi connectivity index (χ3n) is 3.91. The number of rotatable bonds is 9. The maximum Gasteiger partial charge on any atom is 0.113 e. The van der Waals surface area contributed by atoms with Gasteiger partial charge in [-0.3, -0.25) is 16.0 Å². The average molecular weight is 465 g/mol. The topological polar surface area (TPSA) is 36.1 Å². The second kappa shape index (κ2) is 13.9. The van der Waals surface area contributed by atoms with Crippen molar-refractivity contribution in [3.8, 4) is 0 Å². The van der Waals surface area contributed by atoms with Crippen molar-refractivity contribution in [3.05, 3.63) is 84.6 Å². The zero-order chi connectivity index (χ0) is 19.2. The molecule has 1 saturated heterocycles. The van der Waals surface area contributed by atoms with E-state index >= 15 is 0 Å². The van der Waals surface area contributed by atoms with Gasteiger partial charge in [0, 0.05) is 0 Å². The molecule has 3 nitrogen and oxygen atoms in total. The standard InChI is InChI=1S/C22H32IN3/c1-5-8-9-10-14-19(7-3)15-12-17-21-24-20(25-22(23)26-21)16-11-13-18(4)6-2/h5-13,15-16,20-22,24-26H,2,14,17H2,1,3-4H3/b8-5-,10-9-,15-12-,16-11+,18-13-,19-7-. The van der Waals surface area contributed by atoms with Gasteiger partial charge in [-0.05, 0) is 61.8 Å². The van der Waals surface area contributed by atoms with Crippen molar-refractivity contribution in [2.45, 2.75) is 50.1 Å². The summed E-state index contributed by atoms with van der Waals surface area (Å²) in [7, 11) is 0. The van der Waals surface area contributed by atoms with Gasteiger partial charge in [0.25, 0.3) is 0 Å². The number of hydrogen-bond acceptors (Lipinski definition) is 3. The molecule has 1 rings (SSSR count). The first-order valence-electron chi connectivity index (χ1n) is 9.08. The van der Waals surface area contributed by atoms with Gasteiger partial charge in [-0.2, -0.15) is 0 Å². The molecule has 1 heterocycles. The summed E-state index contributed by atoms with van der Waals surface area (Å²) in [5.74, 6) is 0. The molecule has 26 heavy (non-hydrogen) atoms. The zero-order valence-corrected chi connectivity index (χ0v) is 18.2. The van der Waals surface area contributed by atoms with Gasteiger partial charge in [0.2, 0.25) is 0 Å². The van der Waals surface area contributed by atoms with E-state index in [0.29, 0.717) is 0 Å². The Hall–Kier alpha value is -1.21. The molecule has 3 N–H and O–H groups in total. The maximum absolute atomic E-state index is 3.77. The van der Waals surface area contributed by atoms with E-state index in [9.17, 15) is 0 Å². The van der Waals surface area contributed by atoms with Crippen LogP contribution in [0.5, 0.6) is 0 Å². The molecule has 0 amide bonds. The van der Waals surface area contributed by atoms with Crippen molar-refractivity contribution in [3.63, 3.8) is 0 Å². The number of nitrogens with one attached hydrogen (secondary N) is 3. The van der Waals surface area contributed by atoms with E-state index in [1.165, 1.54) is 5.57 Å². The maximum atomic E-state index is 3.77. The normalized spacial score (nSPS) is 25.9. The quantitative estimate of drug-likeness (QED) is 0.189. The molecule has 0 saturated carbocycles. The molecular weight excluding hydrogens is 433 g/mol. The van der Waals surface area contributed by atoms with Gasteiger partial charge in [0.1, 0.15) is 4.17 Å². The zero-order valence-electron chi connectivity index (χ0n) is 16.1. The van der Waals surface area contributed by atoms with Crippen LogP contribution in [0.3, 0.4) is 0 Å². The van der Waals surface area contributed by atoms with E-state index in [2.05, 4.69) is 107 Å². The lowest BCUT2D eigenvalue weighted by Gasteiger charge is -2.34. The minimum absolute atomic E-state index is 0.148. The molecule has 3 unspecified atom stereocenters. The van der Waals surface area contributed by atoms with Crippen LogP contribution < -0.4 is 16.0 Å². The molecule has 0 spiro atoms. The predicted octanol–water partition coefficient (Wildman–Crippen LogP) is 5.24. The van der Waals surface area contributed by atoms with Crippen LogP contribution in [0, 0.1) is 0 Å². The average Bonchev–Trinajstić information content (AvgIpc) is 2.63. The predicted molar refractivity (Wildman–Crippen MR) is 124 cm³/mol. The van der Waals surface area contributed by atoms with Crippen molar-refractivity contribution in [1.29, 1.82) is 0 Å². The summed E-state index contributed by atoms with van der Waals surface area (Å²) < 4.78 is 0.233. The highest BCUT2D eigenvalue weighted by atomic mass is 127. The number of hydrogen-bond donors (Lipinski definition) is 3. The molecule has 0 aromatic heterocycles. The van der Waals surface area contributed by atoms with Crippen LogP contribution in [0.2, 0.25) is 0 Å². The van der Waals surface area contributed by atoms with Gasteiger partial charge in [-0.15, -0.1) is 0 Å². The van der Waals surface area contributed by atoms with E-state index in [0.717, 1.165) is 18.4 Å². The Kier molecular flexibility index (Phi) is 12.2. The highest BCUT2D eigenvalue weighted by molar-refractivity contribution is 14.1. The Bertz CT molecular complexity index is 597. The lowest BCUT2D eigenvalue weighted by molar-refractivity contribution is 0.285. The summed E-state index contributed by atoms with van der Waals surface area (Å²) in [4.78, 5) is 0. The first-order chi connectivity index (χ1) is 12.6. The molecule has 3 atom stereocenters. The lowest BCUT2D eigenvalue weighted by atomic mass is 10.1. The summed E-state index contributed by atoms with van der Waals surface area (Å²) in [5, 5.41) is 10.5. The fourth-order valence-corrected chi connectivity index (χ4v) is 3.18. The summed E-state index contributed by atoms with van der Waals surface area (Å²) in [6, 6.07) is 0. The van der Waals surface area contributed by atoms with Crippen LogP contribution in [-0.4, -0.2) is 16.5 Å². The van der Waals surface area contributed by atoms with Crippen LogP contribution >= 0.6 is 22.6 Å². The molecule has 142 valence electrons. The summed E-state index contributed by atoms with van der Waals surface area (Å²) >= 11 is 2.38. The van der Waals surface area contributed by atoms with E-state index in [4.69, 9.17) is 0 Å². The molecule has 0 aromatic rings. The highest BCUT2D eigenvalue weighted by Gasteiger charge is 2.22. The van der Waals surface area contributed by atoms with Crippen molar-refractivity contribution in [1.82, 2.24) is 16.0 Å². The van der Waals surface area contributed by atoms with Gasteiger partial charge >= 0.3 is 0 Å². The first-order valence-corrected chi connectivity index (χ1v) is 10.3. The molecular formula is C22H32IN3. The Labute approximate surface area is 172 Å². The fourth-order valence-electron chi connectivity index (χ4n) is 2.36. The largest absolute Gasteiger partial charge is 0.283 e. The SMILES string of the molecule is C=C/C(C)=C\C=C\C1NC(I)NC(C/C=C\C(=C/C)C/C=C\C=C/C)N1. The molecule has 0 bridgehead atoms. The highest BCUT2D eigenvalue weighted by Crippen LogP contribution is 2.09. The number of allylic oxidation sites excluding steroid dienone is 11. The van der Waals surface area contributed by atoms with E-state index < -0.39 is 0 Å². The number of alkyl halides is 1. The summed E-state index contributed by atoms with van der Waals surface area (Å²) in [6.45, 7) is 9.93. The van der Waals surface area contributed by atoms with E-state index in [-0.39, 0.29) is 16.5 Å². The van der Waals surface area contributed by atoms with Crippen molar-refractivity contribution >= 4 is 22.6 Å². The Morgan fingerprint density at radius 3 is 2.58 bits per heavy atom. The second-order valence-corrected chi connectivity index (χ2v) is 7.30. The molecule has 4 heteroatoms. The van der Waals surface area contributed by atoms with Crippen LogP contribution in [0.1, 0.15) is 33.6 Å². The lowest BCUT2D eigenvalue weighted by Crippen LogP contribution is -2.64. The Morgan fingerprint density at radius 1 is 1.08 bits per heavy atom. The molecule has 0 aromatic carbocycles. The number of halogens is 1. The minimum atomic E-state index is 0.148. The molecule has 1 aliphatic heterocycles. The van der Waals surface area contributed by atoms with Gasteiger partial charge in [0.05, 0.1) is 12.3 Å². The van der Waals surface area contributed by atoms with Crippen molar-refractivity contribution in [2.24, 2.45) is 0 Å². The fraction of sp³-hybridized carbons (Fsp3) is 0.364. The van der Waals surface area contributed by atoms with Crippen LogP contribution in [-0.2, 0) is 0 Å². The Balaban J connectivity index is 2.53. The van der Waals surface area contributed by atoms with Crippen LogP contribution in [0.25, 0.3) is 0 Å². The summed E-state index contributed by atoms with van der Waals surface area (Å²) in [6.07, 6.45) is 25.4. The van der Waals surface area contributed by atoms with Crippen molar-refractivity contribution in [2.75, 3.05) is 0 Å². The third-order valence-corrected chi connectivity index (χ3v) is 4.63. The van der Waals surface area contributed by atoms with Crippen LogP contribution in [0.15, 0.2) is 84.6 Å². The van der Waals surface area contributed by atoms with Gasteiger partial charge in [-0.25, -0.2) is 0 Å². The van der Waals surface area contributed by atoms with Crippen LogP contribution in [0.4, 0.5) is 0 Å². The van der Waals surface area contributed by atoms with Gasteiger partial charge in [0.15, 0.2) is 0 Å². The summed E-state index contributed by atoms with van der Waals surface area (Å²) in [5.41, 5.74) is 2.48. The third kappa shape index (κ3) is 10.1. The minimum Gasteiger partial charge on any atom is -0.283 e. The molecule has 1 fully saturated rings. The molecule has 0 aliphatic carbocycles. The monoisotopic (exact) mass is 465 g/mol. The first kappa shape index (κ1) is 22.8. The Morgan fingerprint density at radius 2 is 1.88 bits per heavy atom. The molecule has 0 radical (unpaired) electrons. The smallest absolute Gasteiger partial charge is 0.113 e. The van der Waals surface area contributed by atoms with Gasteiger partial charge in [-0.1, -0.05) is 79.0 Å². The molecule has 1 aliphatic rings. The van der Waals surface area contributed by atoms with Crippen molar-refractivity contribution < 1.29 is 0 Å².